The van der Waals surface area contributed by atoms with Gasteiger partial charge in [-0.3, -0.25) is 4.79 Å². The lowest BCUT2D eigenvalue weighted by atomic mass is 9.89. The topological polar surface area (TPSA) is 84.5 Å². The molecule has 1 aliphatic heterocycles. The predicted octanol–water partition coefficient (Wildman–Crippen LogP) is 1.20. The monoisotopic (exact) mass is 354 g/mol. The van der Waals surface area contributed by atoms with Crippen molar-refractivity contribution in [3.05, 3.63) is 0 Å². The molecule has 0 spiro atoms. The molecular formula is C14H27ClN2O4S. The molecule has 0 aromatic carbocycles. The first kappa shape index (κ1) is 19.7. The Bertz CT molecular complexity index is 452. The second-order valence-corrected chi connectivity index (χ2v) is 7.96. The molecular weight excluding hydrogens is 328 g/mol. The van der Waals surface area contributed by atoms with Crippen molar-refractivity contribution in [3.63, 3.8) is 0 Å². The van der Waals surface area contributed by atoms with E-state index in [-0.39, 0.29) is 12.4 Å². The van der Waals surface area contributed by atoms with E-state index in [2.05, 4.69) is 10.0 Å². The predicted molar refractivity (Wildman–Crippen MR) is 87.6 cm³/mol. The molecule has 0 bridgehead atoms. The minimum Gasteiger partial charge on any atom is -0.469 e. The maximum atomic E-state index is 12.5. The van der Waals surface area contributed by atoms with E-state index in [9.17, 15) is 13.2 Å². The number of hydrogen-bond acceptors (Lipinski definition) is 5. The molecule has 1 saturated heterocycles. The third-order valence-electron chi connectivity index (χ3n) is 4.56. The summed E-state index contributed by atoms with van der Waals surface area (Å²) in [4.78, 5) is 11.8. The van der Waals surface area contributed by atoms with Gasteiger partial charge >= 0.3 is 5.97 Å². The highest BCUT2D eigenvalue weighted by Crippen LogP contribution is 2.30. The molecule has 2 N–H and O–H groups in total. The first-order valence-corrected chi connectivity index (χ1v) is 9.39. The molecule has 0 aromatic rings. The molecule has 6 nitrogen and oxygen atoms in total. The minimum atomic E-state index is -3.46. The molecule has 1 saturated carbocycles. The van der Waals surface area contributed by atoms with Gasteiger partial charge in [-0.1, -0.05) is 12.8 Å². The van der Waals surface area contributed by atoms with E-state index in [4.69, 9.17) is 4.74 Å². The van der Waals surface area contributed by atoms with Crippen LogP contribution in [0, 0.1) is 5.92 Å². The summed E-state index contributed by atoms with van der Waals surface area (Å²) in [5.41, 5.74) is 0. The molecule has 8 heteroatoms. The van der Waals surface area contributed by atoms with Crippen LogP contribution in [-0.4, -0.2) is 45.9 Å². The molecule has 2 aliphatic rings. The Morgan fingerprint density at radius 1 is 1.23 bits per heavy atom. The van der Waals surface area contributed by atoms with Crippen molar-refractivity contribution >= 4 is 28.4 Å². The van der Waals surface area contributed by atoms with Gasteiger partial charge in [0, 0.05) is 12.6 Å². The number of halogens is 1. The average Bonchev–Trinajstić information content (AvgIpc) is 2.99. The second-order valence-electron chi connectivity index (χ2n) is 5.97. The number of methoxy groups -OCH3 is 1. The normalized spacial score (nSPS) is 28.9. The Labute approximate surface area is 139 Å². The van der Waals surface area contributed by atoms with E-state index in [1.54, 1.807) is 0 Å². The van der Waals surface area contributed by atoms with Crippen LogP contribution in [0.4, 0.5) is 0 Å². The van der Waals surface area contributed by atoms with Gasteiger partial charge in [-0.05, 0) is 38.6 Å². The first-order valence-electron chi connectivity index (χ1n) is 7.84. The minimum absolute atomic E-state index is 0. The van der Waals surface area contributed by atoms with Crippen LogP contribution in [-0.2, 0) is 19.6 Å². The van der Waals surface area contributed by atoms with E-state index in [0.717, 1.165) is 38.6 Å². The summed E-state index contributed by atoms with van der Waals surface area (Å²) in [6, 6.07) is 0.412. The average molecular weight is 355 g/mol. The van der Waals surface area contributed by atoms with E-state index >= 15 is 0 Å². The highest BCUT2D eigenvalue weighted by Gasteiger charge is 2.40. The summed E-state index contributed by atoms with van der Waals surface area (Å²) in [5, 5.41) is 2.71. The standard InChI is InChI=1S/C14H26N2O4S.ClH/c1-20-14(17)12-6-2-3-7-13(12)21(18,19)16-10-8-11-5-4-9-15-11;/h11-13,15-16H,2-10H2,1H3;1H/t11-,12?,13?;/m1./s1. The van der Waals surface area contributed by atoms with Gasteiger partial charge in [0.25, 0.3) is 0 Å². The summed E-state index contributed by atoms with van der Waals surface area (Å²) < 4.78 is 32.4. The maximum absolute atomic E-state index is 12.5. The molecule has 1 aliphatic carbocycles. The number of hydrogen-bond donors (Lipinski definition) is 2. The van der Waals surface area contributed by atoms with Crippen LogP contribution in [0.2, 0.25) is 0 Å². The van der Waals surface area contributed by atoms with Crippen LogP contribution in [0.5, 0.6) is 0 Å². The number of esters is 1. The van der Waals surface area contributed by atoms with Gasteiger partial charge in [-0.2, -0.15) is 0 Å². The Morgan fingerprint density at radius 2 is 1.95 bits per heavy atom. The number of sulfonamides is 1. The van der Waals surface area contributed by atoms with Gasteiger partial charge in [-0.25, -0.2) is 13.1 Å². The zero-order valence-corrected chi connectivity index (χ0v) is 14.7. The van der Waals surface area contributed by atoms with Gasteiger partial charge in [0.05, 0.1) is 18.3 Å². The molecule has 0 radical (unpaired) electrons. The van der Waals surface area contributed by atoms with Crippen LogP contribution in [0.25, 0.3) is 0 Å². The molecule has 1 heterocycles. The van der Waals surface area contributed by atoms with Gasteiger partial charge in [0.1, 0.15) is 0 Å². The molecule has 22 heavy (non-hydrogen) atoms. The maximum Gasteiger partial charge on any atom is 0.310 e. The van der Waals surface area contributed by atoms with Gasteiger partial charge in [0.15, 0.2) is 0 Å². The summed E-state index contributed by atoms with van der Waals surface area (Å²) in [6.07, 6.45) is 5.94. The Kier molecular flexibility index (Phi) is 8.10. The fourth-order valence-corrected chi connectivity index (χ4v) is 5.15. The highest BCUT2D eigenvalue weighted by atomic mass is 35.5. The quantitative estimate of drug-likeness (QED) is 0.700. The highest BCUT2D eigenvalue weighted by molar-refractivity contribution is 7.90. The molecule has 2 fully saturated rings. The lowest BCUT2D eigenvalue weighted by Crippen LogP contribution is -2.44. The van der Waals surface area contributed by atoms with E-state index in [0.29, 0.717) is 25.4 Å². The lowest BCUT2D eigenvalue weighted by molar-refractivity contribution is -0.146. The van der Waals surface area contributed by atoms with Crippen LogP contribution in [0.1, 0.15) is 44.9 Å². The zero-order chi connectivity index (χ0) is 15.3. The van der Waals surface area contributed by atoms with Crippen molar-refractivity contribution in [1.82, 2.24) is 10.0 Å². The van der Waals surface area contributed by atoms with Crippen molar-refractivity contribution in [1.29, 1.82) is 0 Å². The fraction of sp³-hybridized carbons (Fsp3) is 0.929. The van der Waals surface area contributed by atoms with Crippen molar-refractivity contribution in [2.45, 2.75) is 56.2 Å². The fourth-order valence-electron chi connectivity index (χ4n) is 3.37. The van der Waals surface area contributed by atoms with Crippen LogP contribution in [0.15, 0.2) is 0 Å². The second kappa shape index (κ2) is 9.05. The Morgan fingerprint density at radius 3 is 2.59 bits per heavy atom. The lowest BCUT2D eigenvalue weighted by Gasteiger charge is -2.29. The van der Waals surface area contributed by atoms with Crippen LogP contribution < -0.4 is 10.0 Å². The van der Waals surface area contributed by atoms with Crippen LogP contribution >= 0.6 is 12.4 Å². The van der Waals surface area contributed by atoms with Crippen molar-refractivity contribution in [2.24, 2.45) is 5.92 Å². The third-order valence-corrected chi connectivity index (χ3v) is 6.53. The molecule has 0 aromatic heterocycles. The zero-order valence-electron chi connectivity index (χ0n) is 13.0. The Hall–Kier alpha value is -0.370. The number of ether oxygens (including phenoxy) is 1. The van der Waals surface area contributed by atoms with Gasteiger partial charge in [0.2, 0.25) is 10.0 Å². The third kappa shape index (κ3) is 5.08. The van der Waals surface area contributed by atoms with E-state index in [1.807, 2.05) is 0 Å². The van der Waals surface area contributed by atoms with Crippen LogP contribution in [0.3, 0.4) is 0 Å². The number of carbonyl (C=O) groups is 1. The summed E-state index contributed by atoms with van der Waals surface area (Å²) in [7, 11) is -2.14. The number of rotatable bonds is 6. The Balaban J connectivity index is 0.00000242. The molecule has 2 rings (SSSR count). The van der Waals surface area contributed by atoms with Gasteiger partial charge < -0.3 is 10.1 Å². The number of nitrogens with one attached hydrogen (secondary N) is 2. The van der Waals surface area contributed by atoms with Gasteiger partial charge in [-0.15, -0.1) is 12.4 Å². The van der Waals surface area contributed by atoms with Crippen molar-refractivity contribution < 1.29 is 17.9 Å². The van der Waals surface area contributed by atoms with E-state index < -0.39 is 27.2 Å². The van der Waals surface area contributed by atoms with Crippen molar-refractivity contribution in [2.75, 3.05) is 20.2 Å². The molecule has 130 valence electrons. The SMILES string of the molecule is COC(=O)C1CCCCC1S(=O)(=O)NCC[C@H]1CCCN1.Cl. The molecule has 3 atom stereocenters. The van der Waals surface area contributed by atoms with E-state index in [1.165, 1.54) is 7.11 Å². The first-order chi connectivity index (χ1) is 10.0. The molecule has 0 amide bonds. The summed E-state index contributed by atoms with van der Waals surface area (Å²) in [5.74, 6) is -0.923. The van der Waals surface area contributed by atoms with Crippen molar-refractivity contribution in [3.8, 4) is 0 Å². The summed E-state index contributed by atoms with van der Waals surface area (Å²) >= 11 is 0. The largest absolute Gasteiger partial charge is 0.469 e. The summed E-state index contributed by atoms with van der Waals surface area (Å²) in [6.45, 7) is 1.45. The molecule has 2 unspecified atom stereocenters. The number of carbonyl (C=O) groups excluding carboxylic acids is 1. The smallest absolute Gasteiger partial charge is 0.310 e.